The number of benzene rings is 1. The highest BCUT2D eigenvalue weighted by molar-refractivity contribution is 5.61. The first-order valence-corrected chi connectivity index (χ1v) is 11.9. The van der Waals surface area contributed by atoms with Crippen molar-refractivity contribution in [3.8, 4) is 22.7 Å². The fourth-order valence-electron chi connectivity index (χ4n) is 5.29. The van der Waals surface area contributed by atoms with Crippen molar-refractivity contribution in [1.29, 1.82) is 0 Å². The van der Waals surface area contributed by atoms with E-state index in [9.17, 15) is 22.4 Å². The molecule has 6 rings (SSSR count). The molecule has 2 fully saturated rings. The van der Waals surface area contributed by atoms with Crippen molar-refractivity contribution in [2.45, 2.75) is 12.4 Å². The van der Waals surface area contributed by atoms with Crippen LogP contribution in [0.1, 0.15) is 0 Å². The van der Waals surface area contributed by atoms with Crippen molar-refractivity contribution in [3.05, 3.63) is 65.0 Å². The summed E-state index contributed by atoms with van der Waals surface area (Å²) in [4.78, 5) is 24.9. The maximum absolute atomic E-state index is 14.3. The number of pyridine rings is 1. The minimum Gasteiger partial charge on any atom is -0.406 e. The number of piperidine rings is 1. The van der Waals surface area contributed by atoms with Crippen molar-refractivity contribution < 1.29 is 22.3 Å². The maximum Gasteiger partial charge on any atom is 0.573 e. The smallest absolute Gasteiger partial charge is 0.406 e. The molecule has 11 nitrogen and oxygen atoms in total. The first kappa shape index (κ1) is 24.8. The number of halogens is 4. The number of aromatic nitrogens is 7. The molecule has 4 aromatic rings. The molecule has 1 aliphatic carbocycles. The van der Waals surface area contributed by atoms with E-state index in [2.05, 4.69) is 30.2 Å². The molecule has 1 aromatic carbocycles. The van der Waals surface area contributed by atoms with Crippen LogP contribution < -0.4 is 20.1 Å². The lowest BCUT2D eigenvalue weighted by molar-refractivity contribution is -0.274. The molecule has 1 unspecified atom stereocenters. The van der Waals surface area contributed by atoms with E-state index in [1.165, 1.54) is 45.8 Å². The molecule has 1 saturated carbocycles. The molecular weight excluding hydrogens is 522 g/mol. The quantitative estimate of drug-likeness (QED) is 0.339. The van der Waals surface area contributed by atoms with E-state index in [-0.39, 0.29) is 40.4 Å². The van der Waals surface area contributed by atoms with Crippen molar-refractivity contribution in [3.63, 3.8) is 0 Å². The summed E-state index contributed by atoms with van der Waals surface area (Å²) < 4.78 is 59.1. The molecule has 39 heavy (non-hydrogen) atoms. The third-order valence-corrected chi connectivity index (χ3v) is 7.10. The second-order valence-corrected chi connectivity index (χ2v) is 9.46. The van der Waals surface area contributed by atoms with Crippen molar-refractivity contribution in [2.24, 2.45) is 18.9 Å². The van der Waals surface area contributed by atoms with Gasteiger partial charge in [-0.3, -0.25) is 14.3 Å². The lowest BCUT2D eigenvalue weighted by Crippen LogP contribution is -2.37. The van der Waals surface area contributed by atoms with E-state index in [0.29, 0.717) is 30.7 Å². The third kappa shape index (κ3) is 4.53. The van der Waals surface area contributed by atoms with Crippen molar-refractivity contribution in [2.75, 3.05) is 29.9 Å². The normalized spacial score (nSPS) is 20.2. The first-order chi connectivity index (χ1) is 18.6. The molecule has 2 aliphatic rings. The highest BCUT2D eigenvalue weighted by Crippen LogP contribution is 2.50. The van der Waals surface area contributed by atoms with Crippen LogP contribution in [0.25, 0.3) is 16.9 Å². The van der Waals surface area contributed by atoms with Crippen LogP contribution >= 0.6 is 0 Å². The first-order valence-electron chi connectivity index (χ1n) is 11.9. The fourth-order valence-corrected chi connectivity index (χ4v) is 5.29. The van der Waals surface area contributed by atoms with E-state index >= 15 is 0 Å². The van der Waals surface area contributed by atoms with Gasteiger partial charge in [0.05, 0.1) is 17.6 Å². The summed E-state index contributed by atoms with van der Waals surface area (Å²) in [5.74, 6) is 0.273. The lowest BCUT2D eigenvalue weighted by Gasteiger charge is -2.26. The van der Waals surface area contributed by atoms with Gasteiger partial charge >= 0.3 is 6.36 Å². The number of ether oxygens (including phenoxy) is 1. The van der Waals surface area contributed by atoms with Crippen LogP contribution in [0.15, 0.2) is 53.6 Å². The van der Waals surface area contributed by atoms with Crippen molar-refractivity contribution >= 4 is 11.9 Å². The Morgan fingerprint density at radius 3 is 2.62 bits per heavy atom. The second-order valence-electron chi connectivity index (χ2n) is 9.46. The maximum atomic E-state index is 14.3. The Kier molecular flexibility index (Phi) is 5.73. The number of hydrogen-bond donors (Lipinski definition) is 0. The number of fused-ring (bicyclic) bond motifs is 1. The summed E-state index contributed by atoms with van der Waals surface area (Å²) >= 11 is 0. The molecule has 0 spiro atoms. The number of hydrogen-bond acceptors (Lipinski definition) is 9. The number of anilines is 2. The van der Waals surface area contributed by atoms with Gasteiger partial charge in [0.15, 0.2) is 5.82 Å². The largest absolute Gasteiger partial charge is 0.573 e. The van der Waals surface area contributed by atoms with Crippen LogP contribution in [-0.2, 0) is 7.05 Å². The van der Waals surface area contributed by atoms with Gasteiger partial charge in [0.2, 0.25) is 11.9 Å². The number of alkyl halides is 3. The minimum atomic E-state index is -4.82. The average Bonchev–Trinajstić information content (AvgIpc) is 3.22. The summed E-state index contributed by atoms with van der Waals surface area (Å²) in [5.41, 5.74) is 0.422. The summed E-state index contributed by atoms with van der Waals surface area (Å²) in [6, 6.07) is 8.26. The molecule has 1 saturated heterocycles. The predicted octanol–water partition coefficient (Wildman–Crippen LogP) is 2.43. The molecule has 4 heterocycles. The molecule has 15 heteroatoms. The molecule has 0 amide bonds. The molecule has 0 bridgehead atoms. The zero-order chi connectivity index (χ0) is 27.5. The van der Waals surface area contributed by atoms with Gasteiger partial charge in [0, 0.05) is 69.0 Å². The Hall–Kier alpha value is -4.56. The van der Waals surface area contributed by atoms with E-state index in [0.717, 1.165) is 6.20 Å². The van der Waals surface area contributed by atoms with Gasteiger partial charge in [-0.15, -0.1) is 13.2 Å². The standard InChI is InChI=1S/C24H21F4N9O2/c1-34-20(38)9-19(15-6-7-29-10-18(15)25)30-22(34)35(2)21-16-11-36(12-17(16)21)23-31-32-33-37(23)13-4-3-5-14(8-13)39-24(26,27)28/h3-10,16-17,21H,11-12H2,1-2H3/t16-,17+,21?. The van der Waals surface area contributed by atoms with E-state index in [1.54, 1.807) is 13.1 Å². The van der Waals surface area contributed by atoms with Gasteiger partial charge in [-0.1, -0.05) is 11.2 Å². The molecule has 0 N–H and O–H groups in total. The average molecular weight is 543 g/mol. The zero-order valence-electron chi connectivity index (χ0n) is 20.6. The van der Waals surface area contributed by atoms with Crippen LogP contribution in [-0.4, -0.2) is 67.3 Å². The highest BCUT2D eigenvalue weighted by atomic mass is 19.4. The number of nitrogens with zero attached hydrogens (tertiary/aromatic N) is 9. The third-order valence-electron chi connectivity index (χ3n) is 7.10. The van der Waals surface area contributed by atoms with Gasteiger partial charge in [0.25, 0.3) is 5.56 Å². The van der Waals surface area contributed by atoms with E-state index in [4.69, 9.17) is 0 Å². The fraction of sp³-hybridized carbons (Fsp3) is 0.333. The number of tetrazole rings is 1. The number of rotatable bonds is 6. The topological polar surface area (TPSA) is 107 Å². The van der Waals surface area contributed by atoms with Gasteiger partial charge in [-0.2, -0.15) is 4.68 Å². The Balaban J connectivity index is 1.20. The van der Waals surface area contributed by atoms with Crippen LogP contribution in [0.4, 0.5) is 29.5 Å². The summed E-state index contributed by atoms with van der Waals surface area (Å²) in [6.45, 7) is 1.18. The molecule has 1 aliphatic heterocycles. The predicted molar refractivity (Wildman–Crippen MR) is 130 cm³/mol. The Morgan fingerprint density at radius 1 is 1.13 bits per heavy atom. The van der Waals surface area contributed by atoms with Crippen molar-refractivity contribution in [1.82, 2.24) is 34.7 Å². The van der Waals surface area contributed by atoms with Crippen LogP contribution in [0, 0.1) is 17.7 Å². The van der Waals surface area contributed by atoms with Gasteiger partial charge in [-0.05, 0) is 28.6 Å². The van der Waals surface area contributed by atoms with Gasteiger partial charge in [0.1, 0.15) is 5.75 Å². The molecule has 3 atom stereocenters. The summed E-state index contributed by atoms with van der Waals surface area (Å²) in [5, 5.41) is 11.8. The lowest BCUT2D eigenvalue weighted by atomic mass is 10.2. The molecule has 202 valence electrons. The SMILES string of the molecule is CN(c1nc(-c2ccncc2F)cc(=O)n1C)C1[C@H]2CN(c3nnnn3-c3cccc(OC(F)(F)F)c3)C[C@@H]12. The Bertz CT molecular complexity index is 1590. The monoisotopic (exact) mass is 543 g/mol. The summed E-state index contributed by atoms with van der Waals surface area (Å²) in [7, 11) is 3.46. The second kappa shape index (κ2) is 9.03. The minimum absolute atomic E-state index is 0.0738. The highest BCUT2D eigenvalue weighted by Gasteiger charge is 2.59. The zero-order valence-corrected chi connectivity index (χ0v) is 20.6. The Morgan fingerprint density at radius 2 is 1.90 bits per heavy atom. The van der Waals surface area contributed by atoms with Crippen LogP contribution in [0.2, 0.25) is 0 Å². The summed E-state index contributed by atoms with van der Waals surface area (Å²) in [6.07, 6.45) is -2.30. The van der Waals surface area contributed by atoms with Gasteiger partial charge < -0.3 is 14.5 Å². The molecule has 0 radical (unpaired) electrons. The molecule has 3 aromatic heterocycles. The van der Waals surface area contributed by atoms with Crippen LogP contribution in [0.5, 0.6) is 5.75 Å². The van der Waals surface area contributed by atoms with Gasteiger partial charge in [-0.25, -0.2) is 9.37 Å². The van der Waals surface area contributed by atoms with Crippen LogP contribution in [0.3, 0.4) is 0 Å². The van der Waals surface area contributed by atoms with E-state index < -0.39 is 12.2 Å². The van der Waals surface area contributed by atoms with E-state index in [1.807, 2.05) is 16.8 Å². The molecular formula is C24H21F4N9O2. The Labute approximate surface area is 218 Å².